The van der Waals surface area contributed by atoms with Gasteiger partial charge < -0.3 is 10.2 Å². The number of rotatable bonds is 6. The smallest absolute Gasteiger partial charge is 0.358 e. The number of nitrogens with zero attached hydrogens (tertiary/aromatic N) is 4. The molecular weight excluding hydrogens is 283 g/mol. The van der Waals surface area contributed by atoms with Crippen molar-refractivity contribution in [3.8, 4) is 6.07 Å². The van der Waals surface area contributed by atoms with Crippen LogP contribution >= 0.6 is 0 Å². The van der Waals surface area contributed by atoms with Gasteiger partial charge >= 0.3 is 6.18 Å². The molecule has 5 nitrogen and oxygen atoms in total. The van der Waals surface area contributed by atoms with Crippen molar-refractivity contribution in [2.75, 3.05) is 30.4 Å². The predicted octanol–water partition coefficient (Wildman–Crippen LogP) is 2.91. The summed E-state index contributed by atoms with van der Waals surface area (Å²) in [6, 6.07) is 2.93. The summed E-state index contributed by atoms with van der Waals surface area (Å²) in [5.41, 5.74) is -0.998. The molecule has 0 aliphatic heterocycles. The van der Waals surface area contributed by atoms with Crippen LogP contribution in [0, 0.1) is 17.2 Å². The van der Waals surface area contributed by atoms with Crippen LogP contribution in [-0.4, -0.2) is 30.1 Å². The lowest BCUT2D eigenvalue weighted by Crippen LogP contribution is -2.25. The van der Waals surface area contributed by atoms with Crippen LogP contribution in [0.25, 0.3) is 0 Å². The summed E-state index contributed by atoms with van der Waals surface area (Å²) in [5.74, 6) is -0.234. The SMILES string of the molecule is CCCNc1nc(N(C)CC(C)C#N)cc(C(F)(F)F)n1. The zero-order chi connectivity index (χ0) is 16.0. The van der Waals surface area contributed by atoms with E-state index in [-0.39, 0.29) is 24.2 Å². The highest BCUT2D eigenvalue weighted by molar-refractivity contribution is 5.45. The van der Waals surface area contributed by atoms with Gasteiger partial charge in [-0.15, -0.1) is 0 Å². The van der Waals surface area contributed by atoms with Gasteiger partial charge in [0.05, 0.1) is 12.0 Å². The maximum atomic E-state index is 12.9. The van der Waals surface area contributed by atoms with E-state index in [1.807, 2.05) is 13.0 Å². The molecule has 1 aromatic rings. The summed E-state index contributed by atoms with van der Waals surface area (Å²) in [5, 5.41) is 11.5. The zero-order valence-electron chi connectivity index (χ0n) is 12.2. The van der Waals surface area contributed by atoms with Crippen molar-refractivity contribution in [1.82, 2.24) is 9.97 Å². The summed E-state index contributed by atoms with van der Waals surface area (Å²) < 4.78 is 38.6. The first-order chi connectivity index (χ1) is 9.77. The molecular formula is C13H18F3N5. The molecule has 0 saturated carbocycles. The fourth-order valence-corrected chi connectivity index (χ4v) is 1.64. The van der Waals surface area contributed by atoms with Crippen molar-refractivity contribution in [1.29, 1.82) is 5.26 Å². The molecule has 1 heterocycles. The normalized spacial score (nSPS) is 12.6. The van der Waals surface area contributed by atoms with Crippen molar-refractivity contribution in [2.24, 2.45) is 5.92 Å². The van der Waals surface area contributed by atoms with Gasteiger partial charge in [0, 0.05) is 26.2 Å². The minimum atomic E-state index is -4.54. The van der Waals surface area contributed by atoms with Gasteiger partial charge in [-0.2, -0.15) is 23.4 Å². The molecule has 21 heavy (non-hydrogen) atoms. The lowest BCUT2D eigenvalue weighted by molar-refractivity contribution is -0.141. The number of nitriles is 1. The number of hydrogen-bond acceptors (Lipinski definition) is 5. The minimum Gasteiger partial charge on any atom is -0.358 e. The van der Waals surface area contributed by atoms with E-state index in [1.165, 1.54) is 4.90 Å². The third-order valence-corrected chi connectivity index (χ3v) is 2.70. The van der Waals surface area contributed by atoms with Gasteiger partial charge in [0.1, 0.15) is 5.82 Å². The number of nitrogens with one attached hydrogen (secondary N) is 1. The summed E-state index contributed by atoms with van der Waals surface area (Å²) in [6.45, 7) is 4.36. The lowest BCUT2D eigenvalue weighted by atomic mass is 10.2. The van der Waals surface area contributed by atoms with E-state index in [9.17, 15) is 13.2 Å². The maximum Gasteiger partial charge on any atom is 0.433 e. The Hall–Kier alpha value is -2.04. The molecule has 0 aliphatic carbocycles. The van der Waals surface area contributed by atoms with Crippen molar-refractivity contribution in [3.05, 3.63) is 11.8 Å². The molecule has 1 rings (SSSR count). The van der Waals surface area contributed by atoms with E-state index in [0.29, 0.717) is 6.54 Å². The summed E-state index contributed by atoms with van der Waals surface area (Å²) in [7, 11) is 1.60. The third-order valence-electron chi connectivity index (χ3n) is 2.70. The molecule has 0 bridgehead atoms. The highest BCUT2D eigenvalue weighted by Gasteiger charge is 2.34. The molecule has 0 radical (unpaired) electrons. The fourth-order valence-electron chi connectivity index (χ4n) is 1.64. The van der Waals surface area contributed by atoms with Gasteiger partial charge in [-0.3, -0.25) is 0 Å². The maximum absolute atomic E-state index is 12.9. The van der Waals surface area contributed by atoms with Crippen LogP contribution in [0.1, 0.15) is 26.0 Å². The van der Waals surface area contributed by atoms with Gasteiger partial charge in [0.25, 0.3) is 0 Å². The second kappa shape index (κ2) is 7.11. The van der Waals surface area contributed by atoms with Crippen molar-refractivity contribution < 1.29 is 13.2 Å². The van der Waals surface area contributed by atoms with Crippen LogP contribution < -0.4 is 10.2 Å². The average molecular weight is 301 g/mol. The van der Waals surface area contributed by atoms with Crippen LogP contribution in [0.3, 0.4) is 0 Å². The van der Waals surface area contributed by atoms with Gasteiger partial charge in [-0.05, 0) is 13.3 Å². The van der Waals surface area contributed by atoms with Crippen molar-refractivity contribution >= 4 is 11.8 Å². The first-order valence-corrected chi connectivity index (χ1v) is 6.58. The Labute approximate surface area is 121 Å². The second-order valence-corrected chi connectivity index (χ2v) is 4.77. The Morgan fingerprint density at radius 1 is 1.43 bits per heavy atom. The quantitative estimate of drug-likeness (QED) is 0.875. The summed E-state index contributed by atoms with van der Waals surface area (Å²) >= 11 is 0. The first-order valence-electron chi connectivity index (χ1n) is 6.58. The molecule has 1 unspecified atom stereocenters. The Bertz CT molecular complexity index is 510. The molecule has 0 fully saturated rings. The van der Waals surface area contributed by atoms with E-state index in [4.69, 9.17) is 5.26 Å². The van der Waals surface area contributed by atoms with Crippen molar-refractivity contribution in [2.45, 2.75) is 26.4 Å². The van der Waals surface area contributed by atoms with E-state index in [1.54, 1.807) is 14.0 Å². The molecule has 1 N–H and O–H groups in total. The van der Waals surface area contributed by atoms with Gasteiger partial charge in [0.15, 0.2) is 5.69 Å². The topological polar surface area (TPSA) is 64.8 Å². The Kier molecular flexibility index (Phi) is 5.76. The van der Waals surface area contributed by atoms with Gasteiger partial charge in [-0.25, -0.2) is 4.98 Å². The van der Waals surface area contributed by atoms with E-state index < -0.39 is 11.9 Å². The number of halogens is 3. The fraction of sp³-hybridized carbons (Fsp3) is 0.615. The Morgan fingerprint density at radius 2 is 2.10 bits per heavy atom. The van der Waals surface area contributed by atoms with Crippen molar-refractivity contribution in [3.63, 3.8) is 0 Å². The number of aromatic nitrogens is 2. The average Bonchev–Trinajstić information content (AvgIpc) is 2.43. The molecule has 0 aromatic carbocycles. The van der Waals surface area contributed by atoms with Crippen LogP contribution in [0.15, 0.2) is 6.07 Å². The number of hydrogen-bond donors (Lipinski definition) is 1. The van der Waals surface area contributed by atoms with Gasteiger partial charge in [0.2, 0.25) is 5.95 Å². The summed E-state index contributed by atoms with van der Waals surface area (Å²) in [4.78, 5) is 9.07. The Morgan fingerprint density at radius 3 is 2.62 bits per heavy atom. The Balaban J connectivity index is 3.09. The largest absolute Gasteiger partial charge is 0.433 e. The third kappa shape index (κ3) is 5.10. The number of alkyl halides is 3. The number of anilines is 2. The molecule has 8 heteroatoms. The molecule has 1 aromatic heterocycles. The molecule has 0 spiro atoms. The standard InChI is InChI=1S/C13H18F3N5/c1-4-5-18-12-19-10(13(14,15)16)6-11(20-12)21(3)8-9(2)7-17/h6,9H,4-5,8H2,1-3H3,(H,18,19,20). The highest BCUT2D eigenvalue weighted by Crippen LogP contribution is 2.30. The molecule has 0 saturated heterocycles. The van der Waals surface area contributed by atoms with Crippen LogP contribution in [0.4, 0.5) is 24.9 Å². The highest BCUT2D eigenvalue weighted by atomic mass is 19.4. The predicted molar refractivity (Wildman–Crippen MR) is 73.9 cm³/mol. The van der Waals surface area contributed by atoms with E-state index in [2.05, 4.69) is 15.3 Å². The molecule has 0 amide bonds. The van der Waals surface area contributed by atoms with E-state index >= 15 is 0 Å². The molecule has 0 aliphatic rings. The zero-order valence-corrected chi connectivity index (χ0v) is 12.2. The van der Waals surface area contributed by atoms with Gasteiger partial charge in [-0.1, -0.05) is 6.92 Å². The first kappa shape index (κ1) is 17.0. The van der Waals surface area contributed by atoms with Crippen LogP contribution in [0.2, 0.25) is 0 Å². The monoisotopic (exact) mass is 301 g/mol. The lowest BCUT2D eigenvalue weighted by Gasteiger charge is -2.21. The molecule has 1 atom stereocenters. The van der Waals surface area contributed by atoms with E-state index in [0.717, 1.165) is 12.5 Å². The summed E-state index contributed by atoms with van der Waals surface area (Å²) in [6.07, 6.45) is -3.79. The van der Waals surface area contributed by atoms with Crippen LogP contribution in [-0.2, 0) is 6.18 Å². The van der Waals surface area contributed by atoms with Crippen LogP contribution in [0.5, 0.6) is 0 Å². The minimum absolute atomic E-state index is 0.0573. The molecule has 116 valence electrons. The second-order valence-electron chi connectivity index (χ2n) is 4.77.